The van der Waals surface area contributed by atoms with E-state index in [1.165, 1.54) is 25.5 Å². The van der Waals surface area contributed by atoms with E-state index in [1.54, 1.807) is 24.3 Å². The first kappa shape index (κ1) is 23.5. The molecule has 0 aliphatic carbocycles. The van der Waals surface area contributed by atoms with Gasteiger partial charge < -0.3 is 19.3 Å². The number of carbonyl (C=O) groups excluding carboxylic acids is 1. The molecule has 0 bridgehead atoms. The number of methoxy groups -OCH3 is 1. The Morgan fingerprint density at radius 3 is 2.62 bits per heavy atom. The number of amides is 1. The summed E-state index contributed by atoms with van der Waals surface area (Å²) in [4.78, 5) is 25.0. The lowest BCUT2D eigenvalue weighted by atomic mass is 10.1. The van der Waals surface area contributed by atoms with Crippen LogP contribution in [0.5, 0.6) is 11.5 Å². The SMILES string of the molecule is COc1cc(/C=N/NC(=O)CN2CCOCC2)cc(Cl)c1OCc1ccc(C(=O)O)cc1. The van der Waals surface area contributed by atoms with Crippen molar-refractivity contribution >= 4 is 29.7 Å². The monoisotopic (exact) mass is 461 g/mol. The van der Waals surface area contributed by atoms with E-state index in [0.717, 1.165) is 18.7 Å². The second-order valence-electron chi connectivity index (χ2n) is 7.01. The van der Waals surface area contributed by atoms with Crippen LogP contribution in [0.3, 0.4) is 0 Å². The van der Waals surface area contributed by atoms with Gasteiger partial charge in [0.15, 0.2) is 11.5 Å². The van der Waals surface area contributed by atoms with Gasteiger partial charge in [0.2, 0.25) is 0 Å². The fraction of sp³-hybridized carbons (Fsp3) is 0.318. The lowest BCUT2D eigenvalue weighted by molar-refractivity contribution is -0.123. The Kier molecular flexibility index (Phi) is 8.43. The Labute approximate surface area is 190 Å². The summed E-state index contributed by atoms with van der Waals surface area (Å²) in [5.41, 5.74) is 4.10. The molecular formula is C22H24ClN3O6. The number of ether oxygens (including phenoxy) is 3. The van der Waals surface area contributed by atoms with E-state index in [0.29, 0.717) is 35.3 Å². The molecule has 0 unspecified atom stereocenters. The quantitative estimate of drug-likeness (QED) is 0.436. The average molecular weight is 462 g/mol. The van der Waals surface area contributed by atoms with Crippen LogP contribution < -0.4 is 14.9 Å². The number of carbonyl (C=O) groups is 2. The first-order valence-corrected chi connectivity index (χ1v) is 10.3. The molecule has 2 aromatic rings. The van der Waals surface area contributed by atoms with E-state index in [2.05, 4.69) is 10.5 Å². The minimum absolute atomic E-state index is 0.182. The summed E-state index contributed by atoms with van der Waals surface area (Å²) in [6.45, 7) is 3.12. The topological polar surface area (TPSA) is 110 Å². The second-order valence-corrected chi connectivity index (χ2v) is 7.41. The average Bonchev–Trinajstić information content (AvgIpc) is 2.79. The van der Waals surface area contributed by atoms with Crippen molar-refractivity contribution < 1.29 is 28.9 Å². The predicted molar refractivity (Wildman–Crippen MR) is 119 cm³/mol. The van der Waals surface area contributed by atoms with E-state index in [4.69, 9.17) is 30.9 Å². The van der Waals surface area contributed by atoms with E-state index in [1.807, 2.05) is 4.90 Å². The normalized spacial score (nSPS) is 14.3. The Morgan fingerprint density at radius 2 is 1.97 bits per heavy atom. The van der Waals surface area contributed by atoms with Crippen LogP contribution in [-0.4, -0.2) is 68.1 Å². The molecule has 0 radical (unpaired) electrons. The molecule has 1 amide bonds. The van der Waals surface area contributed by atoms with Crippen LogP contribution in [0.1, 0.15) is 21.5 Å². The fourth-order valence-electron chi connectivity index (χ4n) is 3.03. The number of morpholine rings is 1. The predicted octanol–water partition coefficient (Wildman–Crippen LogP) is 2.41. The number of hydrazone groups is 1. The van der Waals surface area contributed by atoms with Gasteiger partial charge in [0.1, 0.15) is 6.61 Å². The molecule has 9 nitrogen and oxygen atoms in total. The minimum Gasteiger partial charge on any atom is -0.493 e. The Hall–Kier alpha value is -3.14. The molecule has 1 aliphatic rings. The number of aromatic carboxylic acids is 1. The number of hydrogen-bond donors (Lipinski definition) is 2. The third kappa shape index (κ3) is 6.68. The van der Waals surface area contributed by atoms with Gasteiger partial charge in [-0.1, -0.05) is 23.7 Å². The van der Waals surface area contributed by atoms with E-state index in [9.17, 15) is 9.59 Å². The lowest BCUT2D eigenvalue weighted by Gasteiger charge is -2.25. The summed E-state index contributed by atoms with van der Waals surface area (Å²) in [6, 6.07) is 9.69. The summed E-state index contributed by atoms with van der Waals surface area (Å²) in [7, 11) is 1.49. The first-order chi connectivity index (χ1) is 15.5. The van der Waals surface area contributed by atoms with Crippen molar-refractivity contribution in [2.75, 3.05) is 40.0 Å². The molecule has 2 aromatic carbocycles. The minimum atomic E-state index is -0.989. The van der Waals surface area contributed by atoms with Crippen LogP contribution in [0.4, 0.5) is 0 Å². The van der Waals surface area contributed by atoms with Crippen molar-refractivity contribution in [3.8, 4) is 11.5 Å². The van der Waals surface area contributed by atoms with E-state index < -0.39 is 5.97 Å². The van der Waals surface area contributed by atoms with Crippen molar-refractivity contribution in [1.29, 1.82) is 0 Å². The highest BCUT2D eigenvalue weighted by Gasteiger charge is 2.14. The maximum absolute atomic E-state index is 12.0. The van der Waals surface area contributed by atoms with Gasteiger partial charge in [-0.25, -0.2) is 10.2 Å². The number of nitrogens with one attached hydrogen (secondary N) is 1. The number of rotatable bonds is 9. The van der Waals surface area contributed by atoms with Gasteiger partial charge in [-0.15, -0.1) is 0 Å². The standard InChI is InChI=1S/C22H24ClN3O6/c1-30-19-11-16(12-24-25-20(27)13-26-6-8-31-9-7-26)10-18(23)21(19)32-14-15-2-4-17(5-3-15)22(28)29/h2-5,10-12H,6-9,13-14H2,1H3,(H,25,27)(H,28,29)/b24-12+. The van der Waals surface area contributed by atoms with Gasteiger partial charge in [0, 0.05) is 13.1 Å². The summed E-state index contributed by atoms with van der Waals surface area (Å²) in [6.07, 6.45) is 1.47. The molecule has 32 heavy (non-hydrogen) atoms. The molecular weight excluding hydrogens is 438 g/mol. The summed E-state index contributed by atoms with van der Waals surface area (Å²) in [5, 5.41) is 13.3. The fourth-order valence-corrected chi connectivity index (χ4v) is 3.30. The number of carboxylic acids is 1. The van der Waals surface area contributed by atoms with Crippen LogP contribution in [-0.2, 0) is 16.1 Å². The highest BCUT2D eigenvalue weighted by molar-refractivity contribution is 6.32. The van der Waals surface area contributed by atoms with Gasteiger partial charge in [-0.05, 0) is 35.4 Å². The molecule has 10 heteroatoms. The summed E-state index contributed by atoms with van der Waals surface area (Å²) in [5.74, 6) is -0.447. The number of hydrogen-bond acceptors (Lipinski definition) is 7. The Balaban J connectivity index is 1.59. The molecule has 1 fully saturated rings. The van der Waals surface area contributed by atoms with Crippen molar-refractivity contribution in [3.63, 3.8) is 0 Å². The maximum atomic E-state index is 12.0. The van der Waals surface area contributed by atoms with Crippen LogP contribution in [0.25, 0.3) is 0 Å². The van der Waals surface area contributed by atoms with Crippen LogP contribution >= 0.6 is 11.6 Å². The van der Waals surface area contributed by atoms with Crippen LogP contribution in [0.15, 0.2) is 41.5 Å². The summed E-state index contributed by atoms with van der Waals surface area (Å²) >= 11 is 6.37. The maximum Gasteiger partial charge on any atom is 0.335 e. The molecule has 0 atom stereocenters. The van der Waals surface area contributed by atoms with Gasteiger partial charge in [-0.2, -0.15) is 5.10 Å². The van der Waals surface area contributed by atoms with Crippen molar-refractivity contribution in [2.24, 2.45) is 5.10 Å². The molecule has 3 rings (SSSR count). The Morgan fingerprint density at radius 1 is 1.25 bits per heavy atom. The second kappa shape index (κ2) is 11.5. The first-order valence-electron chi connectivity index (χ1n) is 9.91. The number of benzene rings is 2. The molecule has 1 aliphatic heterocycles. The third-order valence-corrected chi connectivity index (χ3v) is 4.99. The molecule has 170 valence electrons. The van der Waals surface area contributed by atoms with Gasteiger partial charge >= 0.3 is 5.97 Å². The van der Waals surface area contributed by atoms with Crippen molar-refractivity contribution in [3.05, 3.63) is 58.1 Å². The molecule has 1 heterocycles. The van der Waals surface area contributed by atoms with Gasteiger partial charge in [-0.3, -0.25) is 9.69 Å². The smallest absolute Gasteiger partial charge is 0.335 e. The molecule has 0 aromatic heterocycles. The lowest BCUT2D eigenvalue weighted by Crippen LogP contribution is -2.42. The Bertz CT molecular complexity index is 974. The van der Waals surface area contributed by atoms with Crippen LogP contribution in [0, 0.1) is 0 Å². The van der Waals surface area contributed by atoms with E-state index in [-0.39, 0.29) is 24.6 Å². The summed E-state index contributed by atoms with van der Waals surface area (Å²) < 4.78 is 16.4. The van der Waals surface area contributed by atoms with Crippen LogP contribution in [0.2, 0.25) is 5.02 Å². The molecule has 0 saturated carbocycles. The largest absolute Gasteiger partial charge is 0.493 e. The number of carboxylic acid groups (broad SMARTS) is 1. The zero-order chi connectivity index (χ0) is 22.9. The molecule has 1 saturated heterocycles. The third-order valence-electron chi connectivity index (χ3n) is 4.71. The van der Waals surface area contributed by atoms with Gasteiger partial charge in [0.05, 0.1) is 43.7 Å². The molecule has 0 spiro atoms. The highest BCUT2D eigenvalue weighted by atomic mass is 35.5. The van der Waals surface area contributed by atoms with Crippen molar-refractivity contribution in [1.82, 2.24) is 10.3 Å². The number of halogens is 1. The highest BCUT2D eigenvalue weighted by Crippen LogP contribution is 2.36. The zero-order valence-corrected chi connectivity index (χ0v) is 18.3. The van der Waals surface area contributed by atoms with Crippen molar-refractivity contribution in [2.45, 2.75) is 6.61 Å². The number of nitrogens with zero attached hydrogens (tertiary/aromatic N) is 2. The van der Waals surface area contributed by atoms with E-state index >= 15 is 0 Å². The molecule has 2 N–H and O–H groups in total. The van der Waals surface area contributed by atoms with Gasteiger partial charge in [0.25, 0.3) is 5.91 Å². The zero-order valence-electron chi connectivity index (χ0n) is 17.5.